The summed E-state index contributed by atoms with van der Waals surface area (Å²) in [6, 6.07) is 6.52. The summed E-state index contributed by atoms with van der Waals surface area (Å²) in [4.78, 5) is 0. The summed E-state index contributed by atoms with van der Waals surface area (Å²) in [5.41, 5.74) is 1.52. The van der Waals surface area contributed by atoms with E-state index in [1.54, 1.807) is 7.11 Å². The quantitative estimate of drug-likeness (QED) is 0.904. The minimum absolute atomic E-state index is 0.263. The predicted octanol–water partition coefficient (Wildman–Crippen LogP) is 3.93. The first-order valence-corrected chi connectivity index (χ1v) is 7.51. The van der Waals surface area contributed by atoms with E-state index in [2.05, 4.69) is 39.1 Å². The molecule has 0 bridgehead atoms. The lowest BCUT2D eigenvalue weighted by Crippen LogP contribution is -2.35. The highest BCUT2D eigenvalue weighted by molar-refractivity contribution is 5.44. The van der Waals surface area contributed by atoms with Gasteiger partial charge in [-0.05, 0) is 24.4 Å². The molecule has 0 aliphatic carbocycles. The van der Waals surface area contributed by atoms with E-state index in [1.807, 2.05) is 12.1 Å². The Labute approximate surface area is 122 Å². The first-order valence-electron chi connectivity index (χ1n) is 7.51. The Bertz CT molecular complexity index is 451. The second-order valence-corrected chi connectivity index (χ2v) is 6.75. The third kappa shape index (κ3) is 3.66. The Balaban J connectivity index is 2.25. The molecule has 1 heterocycles. The number of hydrogen-bond donors (Lipinski definition) is 1. The first kappa shape index (κ1) is 15.2. The Kier molecular flexibility index (Phi) is 4.59. The minimum atomic E-state index is 0.263. The summed E-state index contributed by atoms with van der Waals surface area (Å²) >= 11 is 0. The van der Waals surface area contributed by atoms with Crippen LogP contribution < -0.4 is 14.8 Å². The first-order chi connectivity index (χ1) is 9.43. The van der Waals surface area contributed by atoms with E-state index in [9.17, 15) is 0 Å². The fourth-order valence-corrected chi connectivity index (χ4v) is 2.90. The van der Waals surface area contributed by atoms with Crippen molar-refractivity contribution >= 4 is 0 Å². The lowest BCUT2D eigenvalue weighted by molar-refractivity contribution is 0.105. The van der Waals surface area contributed by atoms with Crippen LogP contribution in [-0.2, 0) is 0 Å². The molecule has 0 fully saturated rings. The normalized spacial score (nSPS) is 22.1. The van der Waals surface area contributed by atoms with Crippen LogP contribution in [0.5, 0.6) is 11.5 Å². The topological polar surface area (TPSA) is 30.5 Å². The number of fused-ring (bicyclic) bond motifs is 1. The molecule has 0 saturated carbocycles. The van der Waals surface area contributed by atoms with Crippen molar-refractivity contribution in [1.82, 2.24) is 5.32 Å². The SMILES string of the molecule is CCNC1CC(CC(C)(C)C)Oc2cc(OC)ccc21. The molecule has 0 saturated heterocycles. The minimum Gasteiger partial charge on any atom is -0.497 e. The van der Waals surface area contributed by atoms with Gasteiger partial charge in [0.05, 0.1) is 7.11 Å². The van der Waals surface area contributed by atoms with Gasteiger partial charge in [0.25, 0.3) is 0 Å². The maximum Gasteiger partial charge on any atom is 0.128 e. The van der Waals surface area contributed by atoms with Crippen molar-refractivity contribution in [3.63, 3.8) is 0 Å². The molecule has 0 aromatic heterocycles. The summed E-state index contributed by atoms with van der Waals surface area (Å²) in [5, 5.41) is 3.57. The standard InChI is InChI=1S/C17H27NO2/c1-6-18-15-9-13(11-17(2,3)4)20-16-10-12(19-5)7-8-14(15)16/h7-8,10,13,15,18H,6,9,11H2,1-5H3. The Morgan fingerprint density at radius 2 is 2.10 bits per heavy atom. The summed E-state index contributed by atoms with van der Waals surface area (Å²) in [7, 11) is 1.69. The molecule has 2 atom stereocenters. The van der Waals surface area contributed by atoms with E-state index in [-0.39, 0.29) is 11.5 Å². The molecule has 1 aliphatic heterocycles. The highest BCUT2D eigenvalue weighted by Gasteiger charge is 2.30. The number of benzene rings is 1. The monoisotopic (exact) mass is 277 g/mol. The van der Waals surface area contributed by atoms with Crippen molar-refractivity contribution in [1.29, 1.82) is 0 Å². The summed E-state index contributed by atoms with van der Waals surface area (Å²) in [5.74, 6) is 1.83. The molecule has 0 radical (unpaired) electrons. The van der Waals surface area contributed by atoms with Gasteiger partial charge in [0, 0.05) is 24.1 Å². The van der Waals surface area contributed by atoms with Crippen LogP contribution in [-0.4, -0.2) is 19.8 Å². The van der Waals surface area contributed by atoms with Gasteiger partial charge < -0.3 is 14.8 Å². The predicted molar refractivity (Wildman–Crippen MR) is 82.5 cm³/mol. The van der Waals surface area contributed by atoms with E-state index in [1.165, 1.54) is 5.56 Å². The number of nitrogens with one attached hydrogen (secondary N) is 1. The third-order valence-corrected chi connectivity index (χ3v) is 3.68. The van der Waals surface area contributed by atoms with E-state index in [0.29, 0.717) is 6.04 Å². The molecule has 1 aliphatic rings. The van der Waals surface area contributed by atoms with Crippen LogP contribution >= 0.6 is 0 Å². The zero-order valence-corrected chi connectivity index (χ0v) is 13.3. The molecule has 2 rings (SSSR count). The fraction of sp³-hybridized carbons (Fsp3) is 0.647. The molecule has 2 unspecified atom stereocenters. The van der Waals surface area contributed by atoms with Gasteiger partial charge >= 0.3 is 0 Å². The number of methoxy groups -OCH3 is 1. The number of hydrogen-bond acceptors (Lipinski definition) is 3. The average Bonchev–Trinajstić information content (AvgIpc) is 2.36. The summed E-state index contributed by atoms with van der Waals surface area (Å²) in [6.45, 7) is 9.91. The molecular formula is C17H27NO2. The second-order valence-electron chi connectivity index (χ2n) is 6.75. The van der Waals surface area contributed by atoms with Crippen molar-refractivity contribution < 1.29 is 9.47 Å². The Hall–Kier alpha value is -1.22. The van der Waals surface area contributed by atoms with Gasteiger partial charge in [0.1, 0.15) is 17.6 Å². The molecule has 0 spiro atoms. The molecule has 20 heavy (non-hydrogen) atoms. The summed E-state index contributed by atoms with van der Waals surface area (Å²) < 4.78 is 11.5. The van der Waals surface area contributed by atoms with Crippen molar-refractivity contribution in [2.45, 2.75) is 52.7 Å². The van der Waals surface area contributed by atoms with E-state index < -0.39 is 0 Å². The molecule has 112 valence electrons. The van der Waals surface area contributed by atoms with Crippen LogP contribution in [0, 0.1) is 5.41 Å². The van der Waals surface area contributed by atoms with Crippen molar-refractivity contribution in [3.8, 4) is 11.5 Å². The average molecular weight is 277 g/mol. The Morgan fingerprint density at radius 1 is 1.35 bits per heavy atom. The van der Waals surface area contributed by atoms with Crippen LogP contribution in [0.25, 0.3) is 0 Å². The fourth-order valence-electron chi connectivity index (χ4n) is 2.90. The Morgan fingerprint density at radius 3 is 2.70 bits per heavy atom. The van der Waals surface area contributed by atoms with Crippen molar-refractivity contribution in [3.05, 3.63) is 23.8 Å². The molecule has 1 aromatic rings. The van der Waals surface area contributed by atoms with Gasteiger partial charge in [-0.15, -0.1) is 0 Å². The third-order valence-electron chi connectivity index (χ3n) is 3.68. The second kappa shape index (κ2) is 6.04. The van der Waals surface area contributed by atoms with Crippen LogP contribution in [0.2, 0.25) is 0 Å². The number of rotatable bonds is 4. The molecule has 3 heteroatoms. The zero-order valence-electron chi connectivity index (χ0n) is 13.3. The molecule has 0 amide bonds. The lowest BCUT2D eigenvalue weighted by atomic mass is 9.85. The maximum absolute atomic E-state index is 6.21. The molecular weight excluding hydrogens is 250 g/mol. The highest BCUT2D eigenvalue weighted by atomic mass is 16.5. The van der Waals surface area contributed by atoms with Gasteiger partial charge in [0.15, 0.2) is 0 Å². The van der Waals surface area contributed by atoms with Crippen LogP contribution in [0.4, 0.5) is 0 Å². The van der Waals surface area contributed by atoms with Crippen molar-refractivity contribution in [2.75, 3.05) is 13.7 Å². The molecule has 1 N–H and O–H groups in total. The van der Waals surface area contributed by atoms with E-state index in [4.69, 9.17) is 9.47 Å². The molecule has 1 aromatic carbocycles. The smallest absolute Gasteiger partial charge is 0.128 e. The van der Waals surface area contributed by atoms with Gasteiger partial charge in [0.2, 0.25) is 0 Å². The summed E-state index contributed by atoms with van der Waals surface area (Å²) in [6.07, 6.45) is 2.36. The van der Waals surface area contributed by atoms with Gasteiger partial charge in [-0.1, -0.05) is 33.8 Å². The number of ether oxygens (including phenoxy) is 2. The van der Waals surface area contributed by atoms with Gasteiger partial charge in [-0.25, -0.2) is 0 Å². The largest absolute Gasteiger partial charge is 0.497 e. The molecule has 3 nitrogen and oxygen atoms in total. The highest BCUT2D eigenvalue weighted by Crippen LogP contribution is 2.39. The lowest BCUT2D eigenvalue weighted by Gasteiger charge is -2.35. The van der Waals surface area contributed by atoms with E-state index >= 15 is 0 Å². The maximum atomic E-state index is 6.21. The van der Waals surface area contributed by atoms with Crippen molar-refractivity contribution in [2.24, 2.45) is 5.41 Å². The van der Waals surface area contributed by atoms with Gasteiger partial charge in [-0.3, -0.25) is 0 Å². The zero-order chi connectivity index (χ0) is 14.8. The van der Waals surface area contributed by atoms with Crippen LogP contribution in [0.3, 0.4) is 0 Å². The van der Waals surface area contributed by atoms with Crippen LogP contribution in [0.15, 0.2) is 18.2 Å². The van der Waals surface area contributed by atoms with Crippen LogP contribution in [0.1, 0.15) is 52.1 Å². The van der Waals surface area contributed by atoms with Gasteiger partial charge in [-0.2, -0.15) is 0 Å². The van der Waals surface area contributed by atoms with E-state index in [0.717, 1.165) is 30.9 Å².